The molecule has 0 aliphatic carbocycles. The van der Waals surface area contributed by atoms with Gasteiger partial charge < -0.3 is 10.2 Å². The molecule has 2 nitrogen and oxygen atoms in total. The zero-order valence-corrected chi connectivity index (χ0v) is 8.99. The van der Waals surface area contributed by atoms with Crippen molar-refractivity contribution in [2.45, 2.75) is 18.9 Å². The van der Waals surface area contributed by atoms with E-state index >= 15 is 0 Å². The summed E-state index contributed by atoms with van der Waals surface area (Å²) in [5.74, 6) is 1.31. The summed E-state index contributed by atoms with van der Waals surface area (Å²) in [7, 11) is 2.07. The standard InChI is InChI=1S/C9H20N2S/c1-10-9-4-6-11(8-9)5-3-7-12-2/h9-10H,3-8H2,1-2H3. The first-order valence-electron chi connectivity index (χ1n) is 4.75. The van der Waals surface area contributed by atoms with Gasteiger partial charge in [-0.1, -0.05) is 0 Å². The van der Waals surface area contributed by atoms with Gasteiger partial charge in [-0.25, -0.2) is 0 Å². The summed E-state index contributed by atoms with van der Waals surface area (Å²) in [6.07, 6.45) is 4.85. The molecule has 1 unspecified atom stereocenters. The number of likely N-dealkylation sites (tertiary alicyclic amines) is 1. The van der Waals surface area contributed by atoms with Gasteiger partial charge in [-0.15, -0.1) is 0 Å². The first-order chi connectivity index (χ1) is 5.86. The van der Waals surface area contributed by atoms with Crippen molar-refractivity contribution in [3.8, 4) is 0 Å². The van der Waals surface area contributed by atoms with Crippen LogP contribution in [0.2, 0.25) is 0 Å². The fourth-order valence-electron chi connectivity index (χ4n) is 1.70. The van der Waals surface area contributed by atoms with E-state index < -0.39 is 0 Å². The third-order valence-corrected chi connectivity index (χ3v) is 3.20. The Hall–Kier alpha value is 0.270. The molecule has 0 saturated carbocycles. The van der Waals surface area contributed by atoms with E-state index in [1.54, 1.807) is 0 Å². The minimum absolute atomic E-state index is 0.749. The Kier molecular flexibility index (Phi) is 5.04. The molecule has 1 atom stereocenters. The van der Waals surface area contributed by atoms with E-state index in [1.807, 2.05) is 11.8 Å². The lowest BCUT2D eigenvalue weighted by molar-refractivity contribution is 0.331. The highest BCUT2D eigenvalue weighted by Crippen LogP contribution is 2.09. The molecule has 0 spiro atoms. The van der Waals surface area contributed by atoms with Gasteiger partial charge in [0.1, 0.15) is 0 Å². The van der Waals surface area contributed by atoms with Crippen molar-refractivity contribution in [1.82, 2.24) is 10.2 Å². The van der Waals surface area contributed by atoms with E-state index in [0.717, 1.165) is 6.04 Å². The van der Waals surface area contributed by atoms with Crippen LogP contribution in [-0.4, -0.2) is 49.6 Å². The van der Waals surface area contributed by atoms with Gasteiger partial charge in [0.05, 0.1) is 0 Å². The highest BCUT2D eigenvalue weighted by atomic mass is 32.2. The Balaban J connectivity index is 2.03. The van der Waals surface area contributed by atoms with Gasteiger partial charge in [-0.3, -0.25) is 0 Å². The molecule has 1 saturated heterocycles. The van der Waals surface area contributed by atoms with Gasteiger partial charge >= 0.3 is 0 Å². The molecule has 1 fully saturated rings. The van der Waals surface area contributed by atoms with Crippen LogP contribution in [0, 0.1) is 0 Å². The molecule has 0 aromatic heterocycles. The molecule has 0 amide bonds. The van der Waals surface area contributed by atoms with Gasteiger partial charge in [0, 0.05) is 12.6 Å². The number of nitrogens with one attached hydrogen (secondary N) is 1. The maximum atomic E-state index is 3.34. The lowest BCUT2D eigenvalue weighted by atomic mass is 10.3. The topological polar surface area (TPSA) is 15.3 Å². The molecule has 12 heavy (non-hydrogen) atoms. The predicted octanol–water partition coefficient (Wildman–Crippen LogP) is 1.03. The number of hydrogen-bond donors (Lipinski definition) is 1. The lowest BCUT2D eigenvalue weighted by Gasteiger charge is -2.14. The normalized spacial score (nSPS) is 25.0. The summed E-state index contributed by atoms with van der Waals surface area (Å²) in [6.45, 7) is 3.84. The second-order valence-corrected chi connectivity index (χ2v) is 4.41. The first kappa shape index (κ1) is 10.4. The molecule has 0 radical (unpaired) electrons. The molecule has 1 aliphatic rings. The van der Waals surface area contributed by atoms with Crippen molar-refractivity contribution < 1.29 is 0 Å². The van der Waals surface area contributed by atoms with Gasteiger partial charge in [-0.05, 0) is 45.0 Å². The highest BCUT2D eigenvalue weighted by molar-refractivity contribution is 7.98. The SMILES string of the molecule is CNC1CCN(CCCSC)C1. The minimum Gasteiger partial charge on any atom is -0.316 e. The van der Waals surface area contributed by atoms with Crippen molar-refractivity contribution in [2.24, 2.45) is 0 Å². The summed E-state index contributed by atoms with van der Waals surface area (Å²) < 4.78 is 0. The Morgan fingerprint density at radius 3 is 3.00 bits per heavy atom. The van der Waals surface area contributed by atoms with E-state index in [1.165, 1.54) is 38.2 Å². The minimum atomic E-state index is 0.749. The Morgan fingerprint density at radius 1 is 1.58 bits per heavy atom. The largest absolute Gasteiger partial charge is 0.316 e. The van der Waals surface area contributed by atoms with Crippen LogP contribution in [0.3, 0.4) is 0 Å². The second-order valence-electron chi connectivity index (χ2n) is 3.42. The van der Waals surface area contributed by atoms with E-state index in [2.05, 4.69) is 23.5 Å². The fraction of sp³-hybridized carbons (Fsp3) is 1.00. The summed E-state index contributed by atoms with van der Waals surface area (Å²) in [5.41, 5.74) is 0. The van der Waals surface area contributed by atoms with Gasteiger partial charge in [0.25, 0.3) is 0 Å². The zero-order chi connectivity index (χ0) is 8.81. The first-order valence-corrected chi connectivity index (χ1v) is 6.14. The predicted molar refractivity (Wildman–Crippen MR) is 56.9 cm³/mol. The third kappa shape index (κ3) is 3.33. The number of hydrogen-bond acceptors (Lipinski definition) is 3. The van der Waals surface area contributed by atoms with Crippen LogP contribution >= 0.6 is 11.8 Å². The molecule has 0 aromatic carbocycles. The fourth-order valence-corrected chi connectivity index (χ4v) is 2.12. The number of nitrogens with zero attached hydrogens (tertiary/aromatic N) is 1. The van der Waals surface area contributed by atoms with E-state index in [-0.39, 0.29) is 0 Å². The third-order valence-electron chi connectivity index (χ3n) is 2.50. The molecule has 1 N–H and O–H groups in total. The van der Waals surface area contributed by atoms with Gasteiger partial charge in [-0.2, -0.15) is 11.8 Å². The summed E-state index contributed by atoms with van der Waals surface area (Å²) in [4.78, 5) is 2.57. The molecule has 0 aromatic rings. The zero-order valence-electron chi connectivity index (χ0n) is 8.18. The van der Waals surface area contributed by atoms with Crippen molar-refractivity contribution in [3.05, 3.63) is 0 Å². The van der Waals surface area contributed by atoms with Crippen LogP contribution in [0.15, 0.2) is 0 Å². The number of rotatable bonds is 5. The molecule has 1 aliphatic heterocycles. The van der Waals surface area contributed by atoms with Crippen LogP contribution in [-0.2, 0) is 0 Å². The van der Waals surface area contributed by atoms with Crippen molar-refractivity contribution in [2.75, 3.05) is 38.7 Å². The highest BCUT2D eigenvalue weighted by Gasteiger charge is 2.19. The maximum Gasteiger partial charge on any atom is 0.0204 e. The average molecular weight is 188 g/mol. The van der Waals surface area contributed by atoms with Crippen LogP contribution in [0.25, 0.3) is 0 Å². The molecular formula is C9H20N2S. The summed E-state index contributed by atoms with van der Waals surface area (Å²) in [6, 6.07) is 0.749. The average Bonchev–Trinajstić information content (AvgIpc) is 2.53. The van der Waals surface area contributed by atoms with Gasteiger partial charge in [0.2, 0.25) is 0 Å². The number of likely N-dealkylation sites (N-methyl/N-ethyl adjacent to an activating group) is 1. The van der Waals surface area contributed by atoms with E-state index in [4.69, 9.17) is 0 Å². The van der Waals surface area contributed by atoms with Crippen LogP contribution < -0.4 is 5.32 Å². The molecule has 72 valence electrons. The molecular weight excluding hydrogens is 168 g/mol. The summed E-state index contributed by atoms with van der Waals surface area (Å²) >= 11 is 1.95. The molecule has 1 rings (SSSR count). The Labute approximate surface area is 80.1 Å². The quantitative estimate of drug-likeness (QED) is 0.649. The van der Waals surface area contributed by atoms with Crippen LogP contribution in [0.4, 0.5) is 0 Å². The molecule has 3 heteroatoms. The van der Waals surface area contributed by atoms with Crippen molar-refractivity contribution in [3.63, 3.8) is 0 Å². The van der Waals surface area contributed by atoms with E-state index in [0.29, 0.717) is 0 Å². The molecule has 1 heterocycles. The van der Waals surface area contributed by atoms with Crippen LogP contribution in [0.1, 0.15) is 12.8 Å². The number of thioether (sulfide) groups is 1. The molecule has 0 bridgehead atoms. The van der Waals surface area contributed by atoms with Crippen LogP contribution in [0.5, 0.6) is 0 Å². The van der Waals surface area contributed by atoms with Crippen molar-refractivity contribution in [1.29, 1.82) is 0 Å². The maximum absolute atomic E-state index is 3.34. The smallest absolute Gasteiger partial charge is 0.0204 e. The Morgan fingerprint density at radius 2 is 2.42 bits per heavy atom. The summed E-state index contributed by atoms with van der Waals surface area (Å²) in [5, 5.41) is 3.34. The van der Waals surface area contributed by atoms with Gasteiger partial charge in [0.15, 0.2) is 0 Å². The monoisotopic (exact) mass is 188 g/mol. The second kappa shape index (κ2) is 5.84. The Bertz CT molecular complexity index is 119. The van der Waals surface area contributed by atoms with E-state index in [9.17, 15) is 0 Å². The lowest BCUT2D eigenvalue weighted by Crippen LogP contribution is -2.30. The van der Waals surface area contributed by atoms with Crippen molar-refractivity contribution >= 4 is 11.8 Å².